The largest absolute Gasteiger partial charge is 0.497 e. The zero-order chi connectivity index (χ0) is 17.8. The van der Waals surface area contributed by atoms with Crippen molar-refractivity contribution < 1.29 is 4.74 Å². The summed E-state index contributed by atoms with van der Waals surface area (Å²) in [6, 6.07) is 21.0. The van der Waals surface area contributed by atoms with Crippen molar-refractivity contribution in [2.24, 2.45) is 0 Å². The van der Waals surface area contributed by atoms with Gasteiger partial charge < -0.3 is 9.64 Å². The predicted octanol–water partition coefficient (Wildman–Crippen LogP) is 4.12. The van der Waals surface area contributed by atoms with Crippen LogP contribution in [0.3, 0.4) is 0 Å². The number of methoxy groups -OCH3 is 1. The molecule has 0 amide bonds. The second-order valence-electron chi connectivity index (χ2n) is 6.96. The van der Waals surface area contributed by atoms with Gasteiger partial charge in [0.05, 0.1) is 12.8 Å². The maximum absolute atomic E-state index is 5.22. The standard InChI is InChI=1S/C22H25N3O/c1-26-20-9-7-18(8-10-20)21-15-22(24-23-21)19-12-14-25(16-19)13-11-17-5-3-2-4-6-17/h2-10,15,19H,11-14,16H2,1H3,(H,23,24)/t19-/m1/s1. The number of nitrogens with one attached hydrogen (secondary N) is 1. The maximum Gasteiger partial charge on any atom is 0.118 e. The third-order valence-corrected chi connectivity index (χ3v) is 5.26. The molecule has 0 radical (unpaired) electrons. The van der Waals surface area contributed by atoms with Crippen LogP contribution in [0.5, 0.6) is 5.75 Å². The highest BCUT2D eigenvalue weighted by atomic mass is 16.5. The Balaban J connectivity index is 1.36. The third kappa shape index (κ3) is 3.81. The van der Waals surface area contributed by atoms with E-state index in [1.807, 2.05) is 12.1 Å². The minimum atomic E-state index is 0.547. The van der Waals surface area contributed by atoms with Gasteiger partial charge in [-0.15, -0.1) is 0 Å². The summed E-state index contributed by atoms with van der Waals surface area (Å²) in [4.78, 5) is 2.56. The maximum atomic E-state index is 5.22. The molecule has 1 saturated heterocycles. The first-order valence-corrected chi connectivity index (χ1v) is 9.28. The summed E-state index contributed by atoms with van der Waals surface area (Å²) in [6.07, 6.45) is 2.31. The zero-order valence-electron chi connectivity index (χ0n) is 15.2. The van der Waals surface area contributed by atoms with Crippen LogP contribution < -0.4 is 4.74 Å². The van der Waals surface area contributed by atoms with E-state index in [1.165, 1.54) is 17.7 Å². The van der Waals surface area contributed by atoms with Crippen molar-refractivity contribution in [2.45, 2.75) is 18.8 Å². The van der Waals surface area contributed by atoms with E-state index in [-0.39, 0.29) is 0 Å². The Morgan fingerprint density at radius 1 is 1.12 bits per heavy atom. The molecule has 4 nitrogen and oxygen atoms in total. The average molecular weight is 347 g/mol. The van der Waals surface area contributed by atoms with Gasteiger partial charge in [-0.05, 0) is 55.3 Å². The van der Waals surface area contributed by atoms with Gasteiger partial charge in [0.25, 0.3) is 0 Å². The lowest BCUT2D eigenvalue weighted by atomic mass is 10.0. The Bertz CT molecular complexity index is 826. The molecule has 0 bridgehead atoms. The van der Waals surface area contributed by atoms with Gasteiger partial charge in [0.15, 0.2) is 0 Å². The number of aromatic nitrogens is 2. The lowest BCUT2D eigenvalue weighted by molar-refractivity contribution is 0.338. The fraction of sp³-hybridized carbons (Fsp3) is 0.318. The first-order chi connectivity index (χ1) is 12.8. The SMILES string of the molecule is COc1ccc(-c2cc([C@@H]3CCN(CCc4ccccc4)C3)[nH]n2)cc1. The van der Waals surface area contributed by atoms with Crippen LogP contribution in [-0.4, -0.2) is 41.8 Å². The molecule has 4 rings (SSSR count). The second-order valence-corrected chi connectivity index (χ2v) is 6.96. The minimum Gasteiger partial charge on any atom is -0.497 e. The summed E-state index contributed by atoms with van der Waals surface area (Å²) >= 11 is 0. The molecule has 134 valence electrons. The molecule has 1 aliphatic rings. The van der Waals surface area contributed by atoms with Gasteiger partial charge in [-0.25, -0.2) is 0 Å². The number of aromatic amines is 1. The highest BCUT2D eigenvalue weighted by Gasteiger charge is 2.25. The quantitative estimate of drug-likeness (QED) is 0.729. The van der Waals surface area contributed by atoms with Crippen molar-refractivity contribution in [1.29, 1.82) is 0 Å². The molecule has 4 heteroatoms. The molecule has 1 aliphatic heterocycles. The first-order valence-electron chi connectivity index (χ1n) is 9.28. The molecule has 1 atom stereocenters. The van der Waals surface area contributed by atoms with Crippen molar-refractivity contribution in [3.05, 3.63) is 71.9 Å². The summed E-state index contributed by atoms with van der Waals surface area (Å²) in [7, 11) is 1.69. The van der Waals surface area contributed by atoms with Gasteiger partial charge in [-0.1, -0.05) is 30.3 Å². The number of nitrogens with zero attached hydrogens (tertiary/aromatic N) is 2. The summed E-state index contributed by atoms with van der Waals surface area (Å²) in [5, 5.41) is 7.78. The van der Waals surface area contributed by atoms with Gasteiger partial charge in [-0.2, -0.15) is 5.10 Å². The lowest BCUT2D eigenvalue weighted by Gasteiger charge is -2.15. The number of hydrogen-bond acceptors (Lipinski definition) is 3. The molecule has 0 spiro atoms. The van der Waals surface area contributed by atoms with Crippen LogP contribution >= 0.6 is 0 Å². The van der Waals surface area contributed by atoms with Crippen molar-refractivity contribution in [3.8, 4) is 17.0 Å². The van der Waals surface area contributed by atoms with E-state index < -0.39 is 0 Å². The van der Waals surface area contributed by atoms with Crippen LogP contribution in [0.1, 0.15) is 23.6 Å². The van der Waals surface area contributed by atoms with Crippen LogP contribution in [0.4, 0.5) is 0 Å². The van der Waals surface area contributed by atoms with E-state index in [0.29, 0.717) is 5.92 Å². The molecule has 0 unspecified atom stereocenters. The van der Waals surface area contributed by atoms with E-state index in [4.69, 9.17) is 4.74 Å². The molecule has 1 N–H and O–H groups in total. The molecule has 1 fully saturated rings. The lowest BCUT2D eigenvalue weighted by Crippen LogP contribution is -2.23. The molecule has 1 aromatic heterocycles. The van der Waals surface area contributed by atoms with Gasteiger partial charge in [0.1, 0.15) is 5.75 Å². The fourth-order valence-corrected chi connectivity index (χ4v) is 3.68. The van der Waals surface area contributed by atoms with E-state index >= 15 is 0 Å². The highest BCUT2D eigenvalue weighted by molar-refractivity contribution is 5.60. The zero-order valence-corrected chi connectivity index (χ0v) is 15.2. The van der Waals surface area contributed by atoms with Gasteiger partial charge in [0.2, 0.25) is 0 Å². The highest BCUT2D eigenvalue weighted by Crippen LogP contribution is 2.29. The number of H-pyrrole nitrogens is 1. The number of benzene rings is 2. The smallest absolute Gasteiger partial charge is 0.118 e. The predicted molar refractivity (Wildman–Crippen MR) is 105 cm³/mol. The summed E-state index contributed by atoms with van der Waals surface area (Å²) in [6.45, 7) is 3.39. The molecule has 3 aromatic rings. The number of hydrogen-bond donors (Lipinski definition) is 1. The van der Waals surface area contributed by atoms with Crippen LogP contribution in [0.2, 0.25) is 0 Å². The third-order valence-electron chi connectivity index (χ3n) is 5.26. The second kappa shape index (κ2) is 7.75. The molecule has 2 heterocycles. The summed E-state index contributed by atoms with van der Waals surface area (Å²) in [5.74, 6) is 1.42. The van der Waals surface area contributed by atoms with Gasteiger partial charge in [0, 0.05) is 30.3 Å². The Labute approximate surface area is 154 Å². The number of ether oxygens (including phenoxy) is 1. The average Bonchev–Trinajstić information content (AvgIpc) is 3.37. The van der Waals surface area contributed by atoms with E-state index in [2.05, 4.69) is 63.6 Å². The number of likely N-dealkylation sites (tertiary alicyclic amines) is 1. The monoisotopic (exact) mass is 347 g/mol. The van der Waals surface area contributed by atoms with Crippen molar-refractivity contribution in [1.82, 2.24) is 15.1 Å². The number of rotatable bonds is 6. The van der Waals surface area contributed by atoms with Crippen molar-refractivity contribution in [3.63, 3.8) is 0 Å². The topological polar surface area (TPSA) is 41.1 Å². The van der Waals surface area contributed by atoms with Gasteiger partial charge >= 0.3 is 0 Å². The summed E-state index contributed by atoms with van der Waals surface area (Å²) < 4.78 is 5.22. The van der Waals surface area contributed by atoms with Crippen LogP contribution in [0, 0.1) is 0 Å². The van der Waals surface area contributed by atoms with Crippen molar-refractivity contribution >= 4 is 0 Å². The first kappa shape index (κ1) is 16.9. The molecule has 26 heavy (non-hydrogen) atoms. The Morgan fingerprint density at radius 3 is 2.69 bits per heavy atom. The van der Waals surface area contributed by atoms with Crippen LogP contribution in [0.25, 0.3) is 11.3 Å². The molecular formula is C22H25N3O. The minimum absolute atomic E-state index is 0.547. The van der Waals surface area contributed by atoms with E-state index in [1.54, 1.807) is 7.11 Å². The summed E-state index contributed by atoms with van der Waals surface area (Å²) in [5.41, 5.74) is 4.79. The normalized spacial score (nSPS) is 17.5. The van der Waals surface area contributed by atoms with Gasteiger partial charge in [-0.3, -0.25) is 5.10 Å². The van der Waals surface area contributed by atoms with Crippen LogP contribution in [-0.2, 0) is 6.42 Å². The molecule has 0 saturated carbocycles. The van der Waals surface area contributed by atoms with E-state index in [0.717, 1.165) is 43.1 Å². The molecule has 0 aliphatic carbocycles. The Kier molecular flexibility index (Phi) is 5.02. The van der Waals surface area contributed by atoms with Crippen molar-refractivity contribution in [2.75, 3.05) is 26.7 Å². The molecule has 2 aromatic carbocycles. The fourth-order valence-electron chi connectivity index (χ4n) is 3.68. The Morgan fingerprint density at radius 2 is 1.92 bits per heavy atom. The molecular weight excluding hydrogens is 322 g/mol. The Hall–Kier alpha value is -2.59. The van der Waals surface area contributed by atoms with E-state index in [9.17, 15) is 0 Å². The van der Waals surface area contributed by atoms with Crippen LogP contribution in [0.15, 0.2) is 60.7 Å².